The van der Waals surface area contributed by atoms with Crippen LogP contribution in [0.1, 0.15) is 45.5 Å². The van der Waals surface area contributed by atoms with Crippen LogP contribution in [0.3, 0.4) is 0 Å². The lowest BCUT2D eigenvalue weighted by Gasteiger charge is -2.31. The number of nitrogens with one attached hydrogen (secondary N) is 1. The second-order valence-corrected chi connectivity index (χ2v) is 9.22. The van der Waals surface area contributed by atoms with Crippen LogP contribution in [-0.2, 0) is 29.0 Å². The van der Waals surface area contributed by atoms with Crippen molar-refractivity contribution in [2.75, 3.05) is 6.54 Å². The van der Waals surface area contributed by atoms with Gasteiger partial charge in [-0.15, -0.1) is 0 Å². The minimum atomic E-state index is -0.0590. The number of carbonyl (C=O) groups is 2. The summed E-state index contributed by atoms with van der Waals surface area (Å²) in [5.74, 6) is 0.881. The molecule has 0 radical (unpaired) electrons. The van der Waals surface area contributed by atoms with Gasteiger partial charge in [-0.3, -0.25) is 9.59 Å². The molecule has 0 atom stereocenters. The fourth-order valence-electron chi connectivity index (χ4n) is 4.23. The van der Waals surface area contributed by atoms with Gasteiger partial charge in [0.25, 0.3) is 0 Å². The van der Waals surface area contributed by atoms with Crippen LogP contribution in [0.4, 0.5) is 0 Å². The summed E-state index contributed by atoms with van der Waals surface area (Å²) in [5, 5.41) is 3.56. The second kappa shape index (κ2) is 11.3. The van der Waals surface area contributed by atoms with Crippen LogP contribution in [0.2, 0.25) is 5.02 Å². The molecule has 2 aromatic carbocycles. The molecule has 6 nitrogen and oxygen atoms in total. The lowest BCUT2D eigenvalue weighted by atomic mass is 10.1. The van der Waals surface area contributed by atoms with Crippen LogP contribution in [0.5, 0.6) is 0 Å². The number of carbonyl (C=O) groups excluding carboxylic acids is 2. The molecule has 0 unspecified atom stereocenters. The van der Waals surface area contributed by atoms with E-state index in [1.165, 1.54) is 0 Å². The van der Waals surface area contributed by atoms with E-state index in [9.17, 15) is 9.59 Å². The van der Waals surface area contributed by atoms with E-state index >= 15 is 0 Å². The quantitative estimate of drug-likeness (QED) is 0.441. The molecule has 2 amide bonds. The van der Waals surface area contributed by atoms with E-state index in [2.05, 4.69) is 5.32 Å². The molecule has 0 saturated heterocycles. The molecule has 0 fully saturated rings. The highest BCUT2D eigenvalue weighted by Crippen LogP contribution is 2.19. The van der Waals surface area contributed by atoms with E-state index in [1.807, 2.05) is 79.6 Å². The first-order chi connectivity index (χ1) is 15.8. The van der Waals surface area contributed by atoms with Gasteiger partial charge in [0, 0.05) is 30.1 Å². The van der Waals surface area contributed by atoms with E-state index in [0.717, 1.165) is 28.8 Å². The zero-order valence-electron chi connectivity index (χ0n) is 19.8. The van der Waals surface area contributed by atoms with Crippen molar-refractivity contribution in [2.45, 2.75) is 65.6 Å². The Morgan fingerprint density at radius 3 is 2.39 bits per heavy atom. The molecule has 1 aromatic heterocycles. The van der Waals surface area contributed by atoms with E-state index in [1.54, 1.807) is 6.07 Å². The topological polar surface area (TPSA) is 67.2 Å². The maximum Gasteiger partial charge on any atom is 0.243 e. The third-order valence-electron chi connectivity index (χ3n) is 5.64. The van der Waals surface area contributed by atoms with E-state index in [-0.39, 0.29) is 36.9 Å². The summed E-state index contributed by atoms with van der Waals surface area (Å²) in [5.41, 5.74) is 2.65. The summed E-state index contributed by atoms with van der Waals surface area (Å²) >= 11 is 6.15. The van der Waals surface area contributed by atoms with Gasteiger partial charge in [0.15, 0.2) is 0 Å². The molecule has 0 aliphatic heterocycles. The van der Waals surface area contributed by atoms with Gasteiger partial charge in [0.05, 0.1) is 17.5 Å². The largest absolute Gasteiger partial charge is 0.356 e. The molecular formula is C26H33ClN4O2. The number of para-hydroxylation sites is 2. The molecule has 0 spiro atoms. The maximum atomic E-state index is 13.1. The molecule has 1 N–H and O–H groups in total. The van der Waals surface area contributed by atoms with Gasteiger partial charge in [0.2, 0.25) is 11.8 Å². The van der Waals surface area contributed by atoms with Crippen LogP contribution in [-0.4, -0.2) is 44.9 Å². The normalized spacial score (nSPS) is 11.4. The van der Waals surface area contributed by atoms with Crippen LogP contribution in [0.25, 0.3) is 11.0 Å². The molecule has 3 rings (SSSR count). The minimum Gasteiger partial charge on any atom is -0.356 e. The lowest BCUT2D eigenvalue weighted by molar-refractivity contribution is -0.135. The Bertz CT molecular complexity index is 1100. The summed E-state index contributed by atoms with van der Waals surface area (Å²) in [7, 11) is 0. The Morgan fingerprint density at radius 2 is 1.70 bits per heavy atom. The first-order valence-electron chi connectivity index (χ1n) is 11.5. The van der Waals surface area contributed by atoms with E-state index < -0.39 is 0 Å². The Kier molecular flexibility index (Phi) is 8.50. The van der Waals surface area contributed by atoms with E-state index in [4.69, 9.17) is 16.6 Å². The van der Waals surface area contributed by atoms with Crippen LogP contribution in [0, 0.1) is 0 Å². The molecular weight excluding hydrogens is 436 g/mol. The zero-order chi connectivity index (χ0) is 24.0. The fourth-order valence-corrected chi connectivity index (χ4v) is 4.44. The number of halogens is 1. The summed E-state index contributed by atoms with van der Waals surface area (Å²) < 4.78 is 2.01. The van der Waals surface area contributed by atoms with Crippen molar-refractivity contribution in [1.29, 1.82) is 0 Å². The third kappa shape index (κ3) is 6.35. The molecule has 0 saturated carbocycles. The summed E-state index contributed by atoms with van der Waals surface area (Å²) in [6.07, 6.45) is 1.65. The molecule has 1 heterocycles. The highest BCUT2D eigenvalue weighted by Gasteiger charge is 2.22. The number of aryl methyl sites for hydroxylation is 1. The average molecular weight is 469 g/mol. The number of benzene rings is 2. The van der Waals surface area contributed by atoms with Gasteiger partial charge in [-0.1, -0.05) is 41.9 Å². The van der Waals surface area contributed by atoms with Crippen molar-refractivity contribution >= 4 is 34.4 Å². The first kappa shape index (κ1) is 24.8. The predicted molar refractivity (Wildman–Crippen MR) is 133 cm³/mol. The van der Waals surface area contributed by atoms with Crippen molar-refractivity contribution in [3.8, 4) is 0 Å². The van der Waals surface area contributed by atoms with Gasteiger partial charge in [-0.2, -0.15) is 0 Å². The van der Waals surface area contributed by atoms with Crippen LogP contribution >= 0.6 is 11.6 Å². The van der Waals surface area contributed by atoms with Gasteiger partial charge in [0.1, 0.15) is 12.4 Å². The van der Waals surface area contributed by atoms with Crippen molar-refractivity contribution in [1.82, 2.24) is 19.8 Å². The molecule has 0 bridgehead atoms. The van der Waals surface area contributed by atoms with Crippen molar-refractivity contribution in [2.24, 2.45) is 0 Å². The monoisotopic (exact) mass is 468 g/mol. The summed E-state index contributed by atoms with van der Waals surface area (Å²) in [4.78, 5) is 32.1. The number of amides is 2. The van der Waals surface area contributed by atoms with Gasteiger partial charge < -0.3 is 14.8 Å². The highest BCUT2D eigenvalue weighted by atomic mass is 35.5. The van der Waals surface area contributed by atoms with Crippen molar-refractivity contribution in [3.05, 3.63) is 64.9 Å². The number of fused-ring (bicyclic) bond motifs is 1. The second-order valence-electron chi connectivity index (χ2n) is 8.81. The molecule has 33 heavy (non-hydrogen) atoms. The number of hydrogen-bond donors (Lipinski definition) is 1. The zero-order valence-corrected chi connectivity index (χ0v) is 20.6. The maximum absolute atomic E-state index is 13.1. The molecule has 3 aromatic rings. The standard InChI is InChI=1S/C26H33ClN4O2/c1-18(2)31(19(3)4)26(33)17-30-23-13-8-7-12-22(23)29-24(30)14-9-15-28-25(32)16-20-10-5-6-11-21(20)27/h5-8,10-13,18-19H,9,14-17H2,1-4H3,(H,28,32). The Balaban J connectivity index is 1.65. The highest BCUT2D eigenvalue weighted by molar-refractivity contribution is 6.31. The lowest BCUT2D eigenvalue weighted by Crippen LogP contribution is -2.43. The molecule has 7 heteroatoms. The third-order valence-corrected chi connectivity index (χ3v) is 6.00. The average Bonchev–Trinajstić information content (AvgIpc) is 3.09. The molecule has 0 aliphatic rings. The summed E-state index contributed by atoms with van der Waals surface area (Å²) in [6.45, 7) is 8.94. The van der Waals surface area contributed by atoms with Crippen LogP contribution < -0.4 is 5.32 Å². The smallest absolute Gasteiger partial charge is 0.243 e. The SMILES string of the molecule is CC(C)N(C(=O)Cn1c(CCCNC(=O)Cc2ccccc2Cl)nc2ccccc21)C(C)C. The van der Waals surface area contributed by atoms with Crippen molar-refractivity contribution < 1.29 is 9.59 Å². The number of hydrogen-bond acceptors (Lipinski definition) is 3. The Hall–Kier alpha value is -2.86. The number of aromatic nitrogens is 2. The van der Waals surface area contributed by atoms with E-state index in [0.29, 0.717) is 18.0 Å². The van der Waals surface area contributed by atoms with Gasteiger partial charge >= 0.3 is 0 Å². The minimum absolute atomic E-state index is 0.0590. The van der Waals surface area contributed by atoms with Gasteiger partial charge in [-0.25, -0.2) is 4.98 Å². The predicted octanol–water partition coefficient (Wildman–Crippen LogP) is 4.63. The van der Waals surface area contributed by atoms with Crippen LogP contribution in [0.15, 0.2) is 48.5 Å². The number of nitrogens with zero attached hydrogens (tertiary/aromatic N) is 3. The number of rotatable bonds is 10. The Morgan fingerprint density at radius 1 is 1.03 bits per heavy atom. The van der Waals surface area contributed by atoms with Crippen molar-refractivity contribution in [3.63, 3.8) is 0 Å². The number of imidazole rings is 1. The molecule has 176 valence electrons. The van der Waals surface area contributed by atoms with Gasteiger partial charge in [-0.05, 0) is 57.9 Å². The molecule has 0 aliphatic carbocycles. The Labute approximate surface area is 200 Å². The first-order valence-corrected chi connectivity index (χ1v) is 11.9. The fraction of sp³-hybridized carbons (Fsp3) is 0.423. The summed E-state index contributed by atoms with van der Waals surface area (Å²) in [6, 6.07) is 15.5.